The maximum Gasteiger partial charge on any atom is 0.224 e. The first-order chi connectivity index (χ1) is 12.5. The maximum absolute atomic E-state index is 12.2. The maximum atomic E-state index is 12.2. The predicted octanol–water partition coefficient (Wildman–Crippen LogP) is 2.39. The van der Waals surface area contributed by atoms with E-state index in [1.165, 1.54) is 0 Å². The number of imidazole rings is 1. The number of sulfone groups is 1. The van der Waals surface area contributed by atoms with Crippen LogP contribution in [0.25, 0.3) is 11.0 Å². The number of carbonyl (C=O) groups excluding carboxylic acids is 1. The van der Waals surface area contributed by atoms with Crippen molar-refractivity contribution in [3.63, 3.8) is 0 Å². The number of aromatic amines is 1. The summed E-state index contributed by atoms with van der Waals surface area (Å²) in [6.07, 6.45) is 4.72. The normalized spacial score (nSPS) is 28.2. The van der Waals surface area contributed by atoms with E-state index < -0.39 is 9.84 Å². The van der Waals surface area contributed by atoms with Gasteiger partial charge in [-0.3, -0.25) is 4.79 Å². The van der Waals surface area contributed by atoms with Crippen molar-refractivity contribution in [2.24, 2.45) is 11.8 Å². The lowest BCUT2D eigenvalue weighted by Gasteiger charge is -2.27. The molecule has 7 heteroatoms. The third-order valence-corrected chi connectivity index (χ3v) is 7.58. The number of amides is 1. The number of H-pyrrole nitrogens is 1. The zero-order valence-electron chi connectivity index (χ0n) is 14.8. The van der Waals surface area contributed by atoms with Crippen molar-refractivity contribution < 1.29 is 13.2 Å². The first-order valence-electron chi connectivity index (χ1n) is 9.43. The van der Waals surface area contributed by atoms with Crippen molar-refractivity contribution in [1.29, 1.82) is 0 Å². The van der Waals surface area contributed by atoms with E-state index in [1.54, 1.807) is 0 Å². The van der Waals surface area contributed by atoms with E-state index in [2.05, 4.69) is 16.4 Å². The number of hydrogen-bond acceptors (Lipinski definition) is 4. The fourth-order valence-corrected chi connectivity index (χ4v) is 5.94. The number of hydrogen-bond donors (Lipinski definition) is 2. The van der Waals surface area contributed by atoms with Crippen LogP contribution in [0.15, 0.2) is 24.3 Å². The number of rotatable bonds is 4. The number of aromatic nitrogens is 2. The number of fused-ring (bicyclic) bond motifs is 1. The minimum Gasteiger partial charge on any atom is -0.356 e. The minimum atomic E-state index is -3.00. The molecule has 0 spiro atoms. The van der Waals surface area contributed by atoms with Gasteiger partial charge in [0.1, 0.15) is 5.82 Å². The van der Waals surface area contributed by atoms with Crippen molar-refractivity contribution in [3.8, 4) is 0 Å². The molecule has 2 N–H and O–H groups in total. The van der Waals surface area contributed by atoms with E-state index in [4.69, 9.17) is 4.98 Å². The Balaban J connectivity index is 1.26. The fraction of sp³-hybridized carbons (Fsp3) is 0.579. The van der Waals surface area contributed by atoms with Gasteiger partial charge < -0.3 is 10.3 Å². The highest BCUT2D eigenvalue weighted by Crippen LogP contribution is 2.35. The van der Waals surface area contributed by atoms with Crippen LogP contribution in [-0.4, -0.2) is 42.3 Å². The van der Waals surface area contributed by atoms with Crippen LogP contribution in [-0.2, 0) is 14.6 Å². The summed E-state index contributed by atoms with van der Waals surface area (Å²) in [5.74, 6) is 1.71. The Morgan fingerprint density at radius 2 is 1.92 bits per heavy atom. The Morgan fingerprint density at radius 1 is 1.15 bits per heavy atom. The molecule has 0 radical (unpaired) electrons. The summed E-state index contributed by atoms with van der Waals surface area (Å²) in [6.45, 7) is 0.655. The van der Waals surface area contributed by atoms with Gasteiger partial charge in [-0.2, -0.15) is 0 Å². The Hall–Kier alpha value is -1.89. The molecule has 1 atom stereocenters. The third-order valence-electron chi connectivity index (χ3n) is 5.81. The average Bonchev–Trinajstić information content (AvgIpc) is 3.23. The molecule has 0 unspecified atom stereocenters. The van der Waals surface area contributed by atoms with Crippen LogP contribution < -0.4 is 5.32 Å². The third kappa shape index (κ3) is 3.77. The van der Waals surface area contributed by atoms with E-state index >= 15 is 0 Å². The molecule has 140 valence electrons. The van der Waals surface area contributed by atoms with Crippen LogP contribution in [0.1, 0.15) is 43.8 Å². The lowest BCUT2D eigenvalue weighted by molar-refractivity contribution is -0.124. The van der Waals surface area contributed by atoms with Crippen molar-refractivity contribution in [1.82, 2.24) is 15.3 Å². The summed E-state index contributed by atoms with van der Waals surface area (Å²) in [5, 5.41) is 2.98. The van der Waals surface area contributed by atoms with Crippen molar-refractivity contribution >= 4 is 26.8 Å². The summed E-state index contributed by atoms with van der Waals surface area (Å²) < 4.78 is 23.0. The van der Waals surface area contributed by atoms with E-state index in [0.29, 0.717) is 24.8 Å². The van der Waals surface area contributed by atoms with Gasteiger partial charge in [-0.1, -0.05) is 12.1 Å². The van der Waals surface area contributed by atoms with Gasteiger partial charge in [0.05, 0.1) is 28.5 Å². The summed E-state index contributed by atoms with van der Waals surface area (Å²) in [4.78, 5) is 20.3. The molecule has 1 saturated carbocycles. The van der Waals surface area contributed by atoms with Crippen molar-refractivity contribution in [2.75, 3.05) is 18.1 Å². The Kier molecular flexibility index (Phi) is 4.73. The quantitative estimate of drug-likeness (QED) is 0.858. The molecule has 1 saturated heterocycles. The van der Waals surface area contributed by atoms with Gasteiger partial charge in [-0.05, 0) is 50.2 Å². The van der Waals surface area contributed by atoms with E-state index in [0.717, 1.165) is 42.5 Å². The van der Waals surface area contributed by atoms with Crippen molar-refractivity contribution in [3.05, 3.63) is 30.1 Å². The molecule has 1 aliphatic heterocycles. The van der Waals surface area contributed by atoms with Gasteiger partial charge >= 0.3 is 0 Å². The molecule has 2 aliphatic rings. The van der Waals surface area contributed by atoms with E-state index in [-0.39, 0.29) is 23.3 Å². The fourth-order valence-electron chi connectivity index (χ4n) is 4.20. The van der Waals surface area contributed by atoms with Gasteiger partial charge in [0.2, 0.25) is 5.91 Å². The lowest BCUT2D eigenvalue weighted by atomic mass is 9.81. The zero-order chi connectivity index (χ0) is 18.1. The highest BCUT2D eigenvalue weighted by Gasteiger charge is 2.33. The SMILES string of the molecule is O=C(NCC1CCC(c2nc3ccccc3[nH]2)CC1)[C@@H]1CCS(=O)(=O)C1. The zero-order valence-corrected chi connectivity index (χ0v) is 15.6. The summed E-state index contributed by atoms with van der Waals surface area (Å²) in [5.41, 5.74) is 2.10. The first kappa shape index (κ1) is 17.5. The molecule has 2 heterocycles. The molecular weight excluding hydrogens is 350 g/mol. The molecule has 4 rings (SSSR count). The van der Waals surface area contributed by atoms with E-state index in [9.17, 15) is 13.2 Å². The monoisotopic (exact) mass is 375 g/mol. The summed E-state index contributed by atoms with van der Waals surface area (Å²) in [7, 11) is -3.00. The minimum absolute atomic E-state index is 0.0115. The summed E-state index contributed by atoms with van der Waals surface area (Å²) in [6, 6.07) is 8.09. The largest absolute Gasteiger partial charge is 0.356 e. The molecule has 1 amide bonds. The van der Waals surface area contributed by atoms with Crippen LogP contribution in [0.2, 0.25) is 0 Å². The second-order valence-corrected chi connectivity index (χ2v) is 9.93. The Morgan fingerprint density at radius 3 is 2.62 bits per heavy atom. The number of para-hydroxylation sites is 2. The van der Waals surface area contributed by atoms with Gasteiger partial charge in [-0.25, -0.2) is 13.4 Å². The van der Waals surface area contributed by atoms with Gasteiger partial charge in [0.15, 0.2) is 9.84 Å². The lowest BCUT2D eigenvalue weighted by Crippen LogP contribution is -2.36. The van der Waals surface area contributed by atoms with Crippen LogP contribution in [0.5, 0.6) is 0 Å². The van der Waals surface area contributed by atoms with E-state index in [1.807, 2.05) is 18.2 Å². The topological polar surface area (TPSA) is 91.9 Å². The first-order valence-corrected chi connectivity index (χ1v) is 11.2. The standard InChI is InChI=1S/C19H25N3O3S/c23-19(15-9-10-26(24,25)12-15)20-11-13-5-7-14(8-6-13)18-21-16-3-1-2-4-17(16)22-18/h1-4,13-15H,5-12H2,(H,20,23)(H,21,22)/t13?,14?,15-/m1/s1. The second kappa shape index (κ2) is 7.02. The number of carbonyl (C=O) groups is 1. The Bertz CT molecular complexity index is 865. The molecule has 26 heavy (non-hydrogen) atoms. The van der Waals surface area contributed by atoms with Crippen LogP contribution in [0.4, 0.5) is 0 Å². The molecule has 0 bridgehead atoms. The number of nitrogens with one attached hydrogen (secondary N) is 2. The molecule has 1 aromatic heterocycles. The van der Waals surface area contributed by atoms with Crippen LogP contribution in [0.3, 0.4) is 0 Å². The number of nitrogens with zero attached hydrogens (tertiary/aromatic N) is 1. The molecule has 1 aromatic carbocycles. The molecule has 6 nitrogen and oxygen atoms in total. The predicted molar refractivity (Wildman–Crippen MR) is 101 cm³/mol. The van der Waals surface area contributed by atoms with Gasteiger partial charge in [0.25, 0.3) is 0 Å². The summed E-state index contributed by atoms with van der Waals surface area (Å²) >= 11 is 0. The molecular formula is C19H25N3O3S. The molecule has 2 aromatic rings. The van der Waals surface area contributed by atoms with Crippen LogP contribution in [0, 0.1) is 11.8 Å². The van der Waals surface area contributed by atoms with Crippen molar-refractivity contribution in [2.45, 2.75) is 38.0 Å². The second-order valence-electron chi connectivity index (χ2n) is 7.70. The van der Waals surface area contributed by atoms with Crippen LogP contribution >= 0.6 is 0 Å². The molecule has 1 aliphatic carbocycles. The van der Waals surface area contributed by atoms with Gasteiger partial charge in [0, 0.05) is 12.5 Å². The highest BCUT2D eigenvalue weighted by molar-refractivity contribution is 7.91. The molecule has 2 fully saturated rings. The average molecular weight is 375 g/mol. The number of benzene rings is 1. The van der Waals surface area contributed by atoms with Gasteiger partial charge in [-0.15, -0.1) is 0 Å². The Labute approximate surface area is 153 Å². The smallest absolute Gasteiger partial charge is 0.224 e. The highest BCUT2D eigenvalue weighted by atomic mass is 32.2.